The molecule has 0 saturated heterocycles. The minimum absolute atomic E-state index is 0.288. The summed E-state index contributed by atoms with van der Waals surface area (Å²) in [5.74, 6) is 0. The lowest BCUT2D eigenvalue weighted by Crippen LogP contribution is -1.99. The van der Waals surface area contributed by atoms with Crippen molar-refractivity contribution in [2.75, 3.05) is 0 Å². The number of hydrogen-bond acceptors (Lipinski definition) is 3. The molecule has 0 aliphatic carbocycles. The number of aryl methyl sites for hydroxylation is 1. The van der Waals surface area contributed by atoms with E-state index in [1.165, 1.54) is 0 Å². The first-order valence-corrected chi connectivity index (χ1v) is 6.00. The molecule has 0 heterocycles. The van der Waals surface area contributed by atoms with Crippen molar-refractivity contribution in [3.63, 3.8) is 0 Å². The molecule has 0 N–H and O–H groups in total. The number of benzene rings is 2. The molecule has 0 unspecified atom stereocenters. The summed E-state index contributed by atoms with van der Waals surface area (Å²) in [6, 6.07) is 19.4. The van der Waals surface area contributed by atoms with E-state index in [1.807, 2.05) is 67.6 Å². The number of nitrogens with zero attached hydrogens (tertiary/aromatic N) is 2. The summed E-state index contributed by atoms with van der Waals surface area (Å²) in [7, 11) is 0. The van der Waals surface area contributed by atoms with Gasteiger partial charge < -0.3 is 4.84 Å². The van der Waals surface area contributed by atoms with E-state index in [2.05, 4.69) is 5.16 Å². The van der Waals surface area contributed by atoms with Crippen LogP contribution >= 0.6 is 0 Å². The average Bonchev–Trinajstić information content (AvgIpc) is 2.46. The lowest BCUT2D eigenvalue weighted by atomic mass is 10.1. The van der Waals surface area contributed by atoms with Gasteiger partial charge >= 0.3 is 0 Å². The monoisotopic (exact) mass is 250 g/mol. The zero-order chi connectivity index (χ0) is 13.5. The molecule has 0 aliphatic rings. The zero-order valence-corrected chi connectivity index (χ0v) is 10.7. The molecule has 3 nitrogen and oxygen atoms in total. The van der Waals surface area contributed by atoms with Gasteiger partial charge in [0.1, 0.15) is 12.7 Å². The topological polar surface area (TPSA) is 45.4 Å². The summed E-state index contributed by atoms with van der Waals surface area (Å²) in [4.78, 5) is 5.22. The molecular weight excluding hydrogens is 236 g/mol. The molecule has 0 aromatic heterocycles. The van der Waals surface area contributed by atoms with E-state index in [1.54, 1.807) is 0 Å². The van der Waals surface area contributed by atoms with Crippen LogP contribution in [0.1, 0.15) is 16.7 Å². The SMILES string of the molecule is Cc1ccc(C(C#N)=NOCc2ccccc2)cc1. The van der Waals surface area contributed by atoms with E-state index < -0.39 is 0 Å². The van der Waals surface area contributed by atoms with Crippen molar-refractivity contribution < 1.29 is 4.84 Å². The number of rotatable bonds is 4. The predicted octanol–water partition coefficient (Wildman–Crippen LogP) is 3.44. The van der Waals surface area contributed by atoms with Crippen LogP contribution in [0.5, 0.6) is 0 Å². The second-order valence-electron chi connectivity index (χ2n) is 4.18. The van der Waals surface area contributed by atoms with Crippen molar-refractivity contribution >= 4 is 5.71 Å². The molecule has 0 saturated carbocycles. The minimum Gasteiger partial charge on any atom is -0.390 e. The largest absolute Gasteiger partial charge is 0.390 e. The average molecular weight is 250 g/mol. The third-order valence-corrected chi connectivity index (χ3v) is 2.66. The van der Waals surface area contributed by atoms with E-state index >= 15 is 0 Å². The summed E-state index contributed by atoms with van der Waals surface area (Å²) >= 11 is 0. The molecule has 2 aromatic carbocycles. The highest BCUT2D eigenvalue weighted by Gasteiger charge is 2.02. The summed E-state index contributed by atoms with van der Waals surface area (Å²) in [5, 5.41) is 13.0. The number of oxime groups is 1. The van der Waals surface area contributed by atoms with Crippen LogP contribution in [-0.4, -0.2) is 5.71 Å². The van der Waals surface area contributed by atoms with Gasteiger partial charge in [-0.25, -0.2) is 0 Å². The van der Waals surface area contributed by atoms with Crippen LogP contribution in [0.4, 0.5) is 0 Å². The first-order chi connectivity index (χ1) is 9.29. The summed E-state index contributed by atoms with van der Waals surface area (Å²) in [6.07, 6.45) is 0. The number of hydrogen-bond donors (Lipinski definition) is 0. The molecule has 0 aliphatic heterocycles. The van der Waals surface area contributed by atoms with Crippen LogP contribution < -0.4 is 0 Å². The van der Waals surface area contributed by atoms with Crippen LogP contribution in [-0.2, 0) is 11.4 Å². The molecule has 0 spiro atoms. The fourth-order valence-corrected chi connectivity index (χ4v) is 1.59. The molecule has 0 radical (unpaired) electrons. The Labute approximate surface area is 112 Å². The second-order valence-corrected chi connectivity index (χ2v) is 4.18. The van der Waals surface area contributed by atoms with Gasteiger partial charge in [0.15, 0.2) is 5.71 Å². The van der Waals surface area contributed by atoms with Gasteiger partial charge in [-0.05, 0) is 12.5 Å². The Hall–Kier alpha value is -2.60. The molecule has 19 heavy (non-hydrogen) atoms. The Kier molecular flexibility index (Phi) is 4.30. The zero-order valence-electron chi connectivity index (χ0n) is 10.7. The van der Waals surface area contributed by atoms with Crippen molar-refractivity contribution in [3.05, 3.63) is 71.3 Å². The first-order valence-electron chi connectivity index (χ1n) is 6.00. The Morgan fingerprint density at radius 3 is 2.42 bits per heavy atom. The standard InChI is InChI=1S/C16H14N2O/c1-13-7-9-15(10-8-13)16(11-17)18-19-12-14-5-3-2-4-6-14/h2-10H,12H2,1H3. The van der Waals surface area contributed by atoms with Gasteiger partial charge in [0, 0.05) is 5.56 Å². The summed E-state index contributed by atoms with van der Waals surface area (Å²) < 4.78 is 0. The molecule has 3 heteroatoms. The van der Waals surface area contributed by atoms with Gasteiger partial charge in [-0.15, -0.1) is 0 Å². The Morgan fingerprint density at radius 2 is 1.79 bits per heavy atom. The van der Waals surface area contributed by atoms with Crippen LogP contribution in [0.3, 0.4) is 0 Å². The minimum atomic E-state index is 0.288. The van der Waals surface area contributed by atoms with Crippen molar-refractivity contribution in [2.24, 2.45) is 5.16 Å². The Balaban J connectivity index is 2.04. The maximum absolute atomic E-state index is 9.09. The van der Waals surface area contributed by atoms with Crippen LogP contribution in [0.25, 0.3) is 0 Å². The van der Waals surface area contributed by atoms with Crippen molar-refractivity contribution in [1.82, 2.24) is 0 Å². The molecule has 0 bridgehead atoms. The lowest BCUT2D eigenvalue weighted by molar-refractivity contribution is 0.131. The van der Waals surface area contributed by atoms with E-state index in [0.717, 1.165) is 16.7 Å². The molecule has 2 rings (SSSR count). The maximum atomic E-state index is 9.09. The van der Waals surface area contributed by atoms with Crippen molar-refractivity contribution in [3.8, 4) is 6.07 Å². The van der Waals surface area contributed by atoms with Crippen LogP contribution in [0, 0.1) is 18.3 Å². The second kappa shape index (κ2) is 6.36. The third-order valence-electron chi connectivity index (χ3n) is 2.66. The summed E-state index contributed by atoms with van der Waals surface area (Å²) in [6.45, 7) is 2.36. The summed E-state index contributed by atoms with van der Waals surface area (Å²) in [5.41, 5.74) is 3.22. The highest BCUT2D eigenvalue weighted by Crippen LogP contribution is 2.06. The first kappa shape index (κ1) is 12.8. The predicted molar refractivity (Wildman–Crippen MR) is 74.6 cm³/mol. The fraction of sp³-hybridized carbons (Fsp3) is 0.125. The van der Waals surface area contributed by atoms with Gasteiger partial charge in [-0.1, -0.05) is 65.3 Å². The van der Waals surface area contributed by atoms with Gasteiger partial charge in [-0.3, -0.25) is 0 Å². The highest BCUT2D eigenvalue weighted by atomic mass is 16.6. The van der Waals surface area contributed by atoms with Crippen molar-refractivity contribution in [2.45, 2.75) is 13.5 Å². The van der Waals surface area contributed by atoms with Gasteiger partial charge in [0.25, 0.3) is 0 Å². The normalized spacial score (nSPS) is 10.8. The molecule has 0 fully saturated rings. The van der Waals surface area contributed by atoms with E-state index in [-0.39, 0.29) is 5.71 Å². The number of nitriles is 1. The Bertz CT molecular complexity index is 595. The van der Waals surface area contributed by atoms with E-state index in [4.69, 9.17) is 10.1 Å². The van der Waals surface area contributed by atoms with Gasteiger partial charge in [-0.2, -0.15) is 5.26 Å². The third kappa shape index (κ3) is 3.68. The van der Waals surface area contributed by atoms with Crippen molar-refractivity contribution in [1.29, 1.82) is 5.26 Å². The molecule has 0 amide bonds. The highest BCUT2D eigenvalue weighted by molar-refractivity contribution is 6.11. The molecular formula is C16H14N2O. The smallest absolute Gasteiger partial charge is 0.186 e. The van der Waals surface area contributed by atoms with Gasteiger partial charge in [0.2, 0.25) is 0 Å². The lowest BCUT2D eigenvalue weighted by Gasteiger charge is -2.01. The Morgan fingerprint density at radius 1 is 1.11 bits per heavy atom. The molecule has 0 atom stereocenters. The van der Waals surface area contributed by atoms with Crippen LogP contribution in [0.15, 0.2) is 59.8 Å². The van der Waals surface area contributed by atoms with E-state index in [0.29, 0.717) is 6.61 Å². The van der Waals surface area contributed by atoms with E-state index in [9.17, 15) is 0 Å². The quantitative estimate of drug-likeness (QED) is 0.616. The fourth-order valence-electron chi connectivity index (χ4n) is 1.59. The van der Waals surface area contributed by atoms with Gasteiger partial charge in [0.05, 0.1) is 0 Å². The van der Waals surface area contributed by atoms with Crippen LogP contribution in [0.2, 0.25) is 0 Å². The maximum Gasteiger partial charge on any atom is 0.186 e. The molecule has 94 valence electrons. The molecule has 2 aromatic rings.